The van der Waals surface area contributed by atoms with E-state index in [1.807, 2.05) is 6.92 Å². The van der Waals surface area contributed by atoms with Gasteiger partial charge < -0.3 is 10.2 Å². The first kappa shape index (κ1) is 14.4. The Morgan fingerprint density at radius 3 is 2.48 bits per heavy atom. The lowest BCUT2D eigenvalue weighted by molar-refractivity contribution is -0.126. The fraction of sp³-hybridized carbons (Fsp3) is 0.588. The fourth-order valence-corrected chi connectivity index (χ4v) is 2.98. The first-order valence-corrected chi connectivity index (χ1v) is 8.00. The smallest absolute Gasteiger partial charge is 0.237 e. The van der Waals surface area contributed by atoms with Crippen molar-refractivity contribution in [2.45, 2.75) is 38.8 Å². The zero-order chi connectivity index (χ0) is 14.8. The van der Waals surface area contributed by atoms with E-state index in [4.69, 9.17) is 0 Å². The Morgan fingerprint density at radius 1 is 1.19 bits per heavy atom. The lowest BCUT2D eigenvalue weighted by atomic mass is 10.1. The van der Waals surface area contributed by atoms with Crippen molar-refractivity contribution in [1.29, 1.82) is 0 Å². The predicted molar refractivity (Wildman–Crippen MR) is 85.6 cm³/mol. The Labute approximate surface area is 127 Å². The van der Waals surface area contributed by atoms with E-state index in [2.05, 4.69) is 46.3 Å². The second-order valence-electron chi connectivity index (χ2n) is 6.27. The van der Waals surface area contributed by atoms with E-state index in [1.54, 1.807) is 0 Å². The largest absolute Gasteiger partial charge is 0.369 e. The average molecular weight is 287 g/mol. The van der Waals surface area contributed by atoms with Gasteiger partial charge in [-0.2, -0.15) is 0 Å². The number of nitrogens with one attached hydrogen (secondary N) is 1. The van der Waals surface area contributed by atoms with Crippen LogP contribution in [0, 0.1) is 6.92 Å². The van der Waals surface area contributed by atoms with E-state index in [1.165, 1.54) is 11.3 Å². The molecular weight excluding hydrogens is 262 g/mol. The SMILES string of the molecule is Cc1ccccc1N1CCN(C(C)C(=O)NC2CC2)CC1. The minimum Gasteiger partial charge on any atom is -0.369 e. The van der Waals surface area contributed by atoms with Gasteiger partial charge in [0.2, 0.25) is 5.91 Å². The van der Waals surface area contributed by atoms with Crippen LogP contribution in [0.15, 0.2) is 24.3 Å². The number of rotatable bonds is 4. The summed E-state index contributed by atoms with van der Waals surface area (Å²) in [6.45, 7) is 8.08. The van der Waals surface area contributed by atoms with E-state index in [0.29, 0.717) is 6.04 Å². The maximum atomic E-state index is 12.1. The van der Waals surface area contributed by atoms with Gasteiger partial charge in [0.15, 0.2) is 0 Å². The van der Waals surface area contributed by atoms with Crippen LogP contribution in [0.3, 0.4) is 0 Å². The molecule has 0 aromatic heterocycles. The summed E-state index contributed by atoms with van der Waals surface area (Å²) in [5, 5.41) is 3.11. The minimum atomic E-state index is -0.00961. The molecular formula is C17H25N3O. The van der Waals surface area contributed by atoms with Crippen LogP contribution in [0.2, 0.25) is 0 Å². The monoisotopic (exact) mass is 287 g/mol. The van der Waals surface area contributed by atoms with E-state index >= 15 is 0 Å². The summed E-state index contributed by atoms with van der Waals surface area (Å²) >= 11 is 0. The zero-order valence-electron chi connectivity index (χ0n) is 13.0. The lowest BCUT2D eigenvalue weighted by Gasteiger charge is -2.39. The van der Waals surface area contributed by atoms with Crippen LogP contribution in [0.1, 0.15) is 25.3 Å². The molecule has 1 atom stereocenters. The normalized spacial score (nSPS) is 21.1. The number of hydrogen-bond acceptors (Lipinski definition) is 3. The summed E-state index contributed by atoms with van der Waals surface area (Å²) in [4.78, 5) is 16.9. The quantitative estimate of drug-likeness (QED) is 0.917. The second-order valence-corrected chi connectivity index (χ2v) is 6.27. The van der Waals surface area contributed by atoms with Gasteiger partial charge in [0.25, 0.3) is 0 Å². The van der Waals surface area contributed by atoms with Crippen molar-refractivity contribution in [3.05, 3.63) is 29.8 Å². The van der Waals surface area contributed by atoms with Gasteiger partial charge in [0, 0.05) is 37.9 Å². The minimum absolute atomic E-state index is 0.00961. The molecule has 4 heteroatoms. The lowest BCUT2D eigenvalue weighted by Crippen LogP contribution is -2.54. The highest BCUT2D eigenvalue weighted by atomic mass is 16.2. The molecule has 1 saturated heterocycles. The number of nitrogens with zero attached hydrogens (tertiary/aromatic N) is 2. The van der Waals surface area contributed by atoms with Crippen LogP contribution in [0.25, 0.3) is 0 Å². The molecule has 1 amide bonds. The summed E-state index contributed by atoms with van der Waals surface area (Å²) in [5.74, 6) is 0.196. The number of para-hydroxylation sites is 1. The number of piperazine rings is 1. The van der Waals surface area contributed by atoms with Crippen molar-refractivity contribution >= 4 is 11.6 Å². The van der Waals surface area contributed by atoms with Gasteiger partial charge in [-0.15, -0.1) is 0 Å². The summed E-state index contributed by atoms with van der Waals surface area (Å²) in [6.07, 6.45) is 2.30. The fourth-order valence-electron chi connectivity index (χ4n) is 2.98. The molecule has 0 spiro atoms. The van der Waals surface area contributed by atoms with Crippen LogP contribution in [0.4, 0.5) is 5.69 Å². The molecule has 1 N–H and O–H groups in total. The molecule has 114 valence electrons. The molecule has 1 aliphatic heterocycles. The number of hydrogen-bond donors (Lipinski definition) is 1. The Hall–Kier alpha value is -1.55. The van der Waals surface area contributed by atoms with E-state index < -0.39 is 0 Å². The number of carbonyl (C=O) groups excluding carboxylic acids is 1. The average Bonchev–Trinajstić information content (AvgIpc) is 3.31. The number of benzene rings is 1. The summed E-state index contributed by atoms with van der Waals surface area (Å²) in [6, 6.07) is 8.97. The molecule has 4 nitrogen and oxygen atoms in total. The van der Waals surface area contributed by atoms with Gasteiger partial charge >= 0.3 is 0 Å². The third kappa shape index (κ3) is 3.38. The number of anilines is 1. The van der Waals surface area contributed by atoms with Gasteiger partial charge in [-0.1, -0.05) is 18.2 Å². The third-order valence-corrected chi connectivity index (χ3v) is 4.62. The number of carbonyl (C=O) groups is 1. The van der Waals surface area contributed by atoms with Crippen molar-refractivity contribution < 1.29 is 4.79 Å². The van der Waals surface area contributed by atoms with E-state index in [-0.39, 0.29) is 11.9 Å². The van der Waals surface area contributed by atoms with Crippen molar-refractivity contribution in [2.24, 2.45) is 0 Å². The van der Waals surface area contributed by atoms with Gasteiger partial charge in [0.1, 0.15) is 0 Å². The van der Waals surface area contributed by atoms with Crippen LogP contribution >= 0.6 is 0 Å². The molecule has 1 aromatic carbocycles. The first-order chi connectivity index (χ1) is 10.1. The molecule has 1 aromatic rings. The van der Waals surface area contributed by atoms with Crippen LogP contribution in [-0.2, 0) is 4.79 Å². The Kier molecular flexibility index (Phi) is 4.15. The van der Waals surface area contributed by atoms with Gasteiger partial charge in [-0.3, -0.25) is 9.69 Å². The number of amides is 1. The zero-order valence-corrected chi connectivity index (χ0v) is 13.0. The maximum Gasteiger partial charge on any atom is 0.237 e. The molecule has 21 heavy (non-hydrogen) atoms. The molecule has 0 bridgehead atoms. The summed E-state index contributed by atoms with van der Waals surface area (Å²) in [5.41, 5.74) is 2.65. The van der Waals surface area contributed by atoms with Crippen molar-refractivity contribution in [3.63, 3.8) is 0 Å². The van der Waals surface area contributed by atoms with E-state index in [9.17, 15) is 4.79 Å². The number of aryl methyl sites for hydroxylation is 1. The Bertz CT molecular complexity index is 505. The van der Waals surface area contributed by atoms with Gasteiger partial charge in [-0.05, 0) is 38.3 Å². The maximum absolute atomic E-state index is 12.1. The highest BCUT2D eigenvalue weighted by Crippen LogP contribution is 2.22. The van der Waals surface area contributed by atoms with E-state index in [0.717, 1.165) is 39.0 Å². The molecule has 1 heterocycles. The van der Waals surface area contributed by atoms with Gasteiger partial charge in [-0.25, -0.2) is 0 Å². The highest BCUT2D eigenvalue weighted by molar-refractivity contribution is 5.81. The topological polar surface area (TPSA) is 35.6 Å². The standard InChI is InChI=1S/C17H25N3O/c1-13-5-3-4-6-16(13)20-11-9-19(10-12-20)14(2)17(21)18-15-7-8-15/h3-6,14-15H,7-12H2,1-2H3,(H,18,21). The molecule has 2 aliphatic rings. The first-order valence-electron chi connectivity index (χ1n) is 8.00. The van der Waals surface area contributed by atoms with Crippen LogP contribution in [-0.4, -0.2) is 49.1 Å². The van der Waals surface area contributed by atoms with Crippen molar-refractivity contribution in [2.75, 3.05) is 31.1 Å². The molecule has 1 unspecified atom stereocenters. The van der Waals surface area contributed by atoms with Crippen molar-refractivity contribution in [3.8, 4) is 0 Å². The molecule has 3 rings (SSSR count). The molecule has 0 radical (unpaired) electrons. The summed E-state index contributed by atoms with van der Waals surface area (Å²) < 4.78 is 0. The molecule has 1 saturated carbocycles. The predicted octanol–water partition coefficient (Wildman–Crippen LogP) is 1.78. The Morgan fingerprint density at radius 2 is 1.86 bits per heavy atom. The molecule has 2 fully saturated rings. The summed E-state index contributed by atoms with van der Waals surface area (Å²) in [7, 11) is 0. The van der Waals surface area contributed by atoms with Crippen molar-refractivity contribution in [1.82, 2.24) is 10.2 Å². The third-order valence-electron chi connectivity index (χ3n) is 4.62. The highest BCUT2D eigenvalue weighted by Gasteiger charge is 2.30. The van der Waals surface area contributed by atoms with Crippen LogP contribution < -0.4 is 10.2 Å². The molecule has 1 aliphatic carbocycles. The second kappa shape index (κ2) is 6.06. The Balaban J connectivity index is 1.54. The van der Waals surface area contributed by atoms with Crippen LogP contribution in [0.5, 0.6) is 0 Å². The van der Waals surface area contributed by atoms with Gasteiger partial charge in [0.05, 0.1) is 6.04 Å².